The van der Waals surface area contributed by atoms with E-state index in [9.17, 15) is 4.79 Å². The number of para-hydroxylation sites is 1. The standard InChI is InChI=1S/C7H6O2.Mg/c8-5-6-3-1-2-4-7(6)9;/h1-5,9H;/q;+2. The molecule has 0 amide bonds. The van der Waals surface area contributed by atoms with Crippen molar-refractivity contribution in [2.75, 3.05) is 0 Å². The van der Waals surface area contributed by atoms with E-state index in [4.69, 9.17) is 5.11 Å². The van der Waals surface area contributed by atoms with Crippen LogP contribution in [0.2, 0.25) is 0 Å². The van der Waals surface area contributed by atoms with Crippen molar-refractivity contribution in [2.24, 2.45) is 0 Å². The van der Waals surface area contributed by atoms with Crippen molar-refractivity contribution >= 4 is 29.3 Å². The van der Waals surface area contributed by atoms with Crippen LogP contribution in [0.4, 0.5) is 0 Å². The van der Waals surface area contributed by atoms with E-state index in [0.29, 0.717) is 11.8 Å². The van der Waals surface area contributed by atoms with Gasteiger partial charge in [0, 0.05) is 0 Å². The summed E-state index contributed by atoms with van der Waals surface area (Å²) in [6.45, 7) is 0. The van der Waals surface area contributed by atoms with Crippen LogP contribution in [-0.4, -0.2) is 34.4 Å². The molecule has 0 aliphatic carbocycles. The summed E-state index contributed by atoms with van der Waals surface area (Å²) >= 11 is 0. The van der Waals surface area contributed by atoms with Gasteiger partial charge in [0.1, 0.15) is 5.75 Å². The first-order chi connectivity index (χ1) is 4.34. The van der Waals surface area contributed by atoms with Crippen LogP contribution in [0.3, 0.4) is 0 Å². The topological polar surface area (TPSA) is 37.3 Å². The van der Waals surface area contributed by atoms with Crippen LogP contribution in [-0.2, 0) is 0 Å². The third-order valence-corrected chi connectivity index (χ3v) is 1.06. The van der Waals surface area contributed by atoms with Crippen LogP contribution in [0.25, 0.3) is 0 Å². The number of carbonyl (C=O) groups excluding carboxylic acids is 1. The van der Waals surface area contributed by atoms with Gasteiger partial charge in [-0.3, -0.25) is 4.79 Å². The van der Waals surface area contributed by atoms with E-state index in [0.717, 1.165) is 0 Å². The average molecular weight is 146 g/mol. The van der Waals surface area contributed by atoms with Crippen molar-refractivity contribution in [1.29, 1.82) is 0 Å². The van der Waals surface area contributed by atoms with Crippen molar-refractivity contribution in [3.05, 3.63) is 29.8 Å². The molecule has 0 aromatic heterocycles. The Hall–Kier alpha value is -0.544. The van der Waals surface area contributed by atoms with E-state index in [1.54, 1.807) is 18.2 Å². The van der Waals surface area contributed by atoms with Crippen molar-refractivity contribution in [2.45, 2.75) is 0 Å². The van der Waals surface area contributed by atoms with E-state index in [2.05, 4.69) is 0 Å². The molecular formula is C7H6MgO2+2. The zero-order chi connectivity index (χ0) is 6.69. The maximum Gasteiger partial charge on any atom is 2.00 e. The Labute approximate surface area is 75.0 Å². The molecule has 2 nitrogen and oxygen atoms in total. The van der Waals surface area contributed by atoms with Crippen molar-refractivity contribution in [1.82, 2.24) is 0 Å². The second kappa shape index (κ2) is 4.30. The number of carbonyl (C=O) groups is 1. The molecule has 0 saturated carbocycles. The molecular weight excluding hydrogens is 140 g/mol. The molecule has 46 valence electrons. The molecule has 1 aromatic carbocycles. The SMILES string of the molecule is O=Cc1ccccc1O.[Mg+2]. The number of aldehydes is 1. The molecule has 0 radical (unpaired) electrons. The molecule has 0 heterocycles. The van der Waals surface area contributed by atoms with Crippen LogP contribution in [0.5, 0.6) is 5.75 Å². The molecule has 0 saturated heterocycles. The predicted molar refractivity (Wildman–Crippen MR) is 39.2 cm³/mol. The minimum atomic E-state index is 0. The van der Waals surface area contributed by atoms with Crippen LogP contribution in [0.15, 0.2) is 24.3 Å². The number of hydrogen-bond donors (Lipinski definition) is 1. The summed E-state index contributed by atoms with van der Waals surface area (Å²) in [5, 5.41) is 8.88. The number of benzene rings is 1. The number of phenolic OH excluding ortho intramolecular Hbond substituents is 1. The Morgan fingerprint density at radius 1 is 1.30 bits per heavy atom. The summed E-state index contributed by atoms with van der Waals surface area (Å²) in [4.78, 5) is 10.1. The first kappa shape index (κ1) is 9.46. The molecule has 0 aliphatic heterocycles. The van der Waals surface area contributed by atoms with Gasteiger partial charge in [0.25, 0.3) is 0 Å². The van der Waals surface area contributed by atoms with E-state index in [1.807, 2.05) is 0 Å². The summed E-state index contributed by atoms with van der Waals surface area (Å²) in [6.07, 6.45) is 0.620. The van der Waals surface area contributed by atoms with Crippen molar-refractivity contribution in [3.8, 4) is 5.75 Å². The molecule has 10 heavy (non-hydrogen) atoms. The van der Waals surface area contributed by atoms with E-state index in [-0.39, 0.29) is 28.8 Å². The third-order valence-electron chi connectivity index (χ3n) is 1.06. The van der Waals surface area contributed by atoms with E-state index < -0.39 is 0 Å². The van der Waals surface area contributed by atoms with Gasteiger partial charge in [-0.05, 0) is 12.1 Å². The minimum Gasteiger partial charge on any atom is -0.507 e. The quantitative estimate of drug-likeness (QED) is 0.471. The monoisotopic (exact) mass is 146 g/mol. The van der Waals surface area contributed by atoms with Gasteiger partial charge in [0.2, 0.25) is 0 Å². The minimum absolute atomic E-state index is 0. The second-order valence-corrected chi connectivity index (χ2v) is 1.68. The Kier molecular flexibility index (Phi) is 4.07. The van der Waals surface area contributed by atoms with Crippen molar-refractivity contribution < 1.29 is 9.90 Å². The molecule has 1 N–H and O–H groups in total. The van der Waals surface area contributed by atoms with Crippen molar-refractivity contribution in [3.63, 3.8) is 0 Å². The summed E-state index contributed by atoms with van der Waals surface area (Å²) in [5.41, 5.74) is 0.331. The van der Waals surface area contributed by atoms with Gasteiger partial charge in [0.05, 0.1) is 5.56 Å². The maximum atomic E-state index is 10.1. The van der Waals surface area contributed by atoms with Gasteiger partial charge >= 0.3 is 23.1 Å². The van der Waals surface area contributed by atoms with Crippen LogP contribution in [0, 0.1) is 0 Å². The molecule has 0 bridgehead atoms. The smallest absolute Gasteiger partial charge is 0.507 e. The van der Waals surface area contributed by atoms with E-state index in [1.165, 1.54) is 6.07 Å². The normalized spacial score (nSPS) is 8.00. The molecule has 1 aromatic rings. The van der Waals surface area contributed by atoms with Gasteiger partial charge in [-0.15, -0.1) is 0 Å². The predicted octanol–water partition coefficient (Wildman–Crippen LogP) is 0.824. The summed E-state index contributed by atoms with van der Waals surface area (Å²) in [7, 11) is 0. The van der Waals surface area contributed by atoms with Gasteiger partial charge in [-0.1, -0.05) is 12.1 Å². The summed E-state index contributed by atoms with van der Waals surface area (Å²) < 4.78 is 0. The Balaban J connectivity index is 0.000000810. The zero-order valence-corrected chi connectivity index (χ0v) is 6.86. The fraction of sp³-hybridized carbons (Fsp3) is 0. The number of hydrogen-bond acceptors (Lipinski definition) is 2. The molecule has 0 unspecified atom stereocenters. The summed E-state index contributed by atoms with van der Waals surface area (Å²) in [6, 6.07) is 6.40. The first-order valence-corrected chi connectivity index (χ1v) is 2.58. The molecule has 0 spiro atoms. The number of phenols is 1. The number of rotatable bonds is 1. The average Bonchev–Trinajstić information content (AvgIpc) is 1.89. The number of aromatic hydroxyl groups is 1. The third kappa shape index (κ3) is 2.00. The van der Waals surface area contributed by atoms with Crippen LogP contribution < -0.4 is 0 Å². The Morgan fingerprint density at radius 2 is 1.90 bits per heavy atom. The Bertz CT molecular complexity index is 223. The van der Waals surface area contributed by atoms with Gasteiger partial charge in [-0.25, -0.2) is 0 Å². The zero-order valence-electron chi connectivity index (χ0n) is 5.45. The van der Waals surface area contributed by atoms with Gasteiger partial charge < -0.3 is 5.11 Å². The fourth-order valence-electron chi connectivity index (χ4n) is 0.587. The molecule has 0 fully saturated rings. The molecule has 0 aliphatic rings. The molecule has 3 heteroatoms. The fourth-order valence-corrected chi connectivity index (χ4v) is 0.587. The summed E-state index contributed by atoms with van der Waals surface area (Å²) in [5.74, 6) is 0.0347. The van der Waals surface area contributed by atoms with Crippen LogP contribution in [0.1, 0.15) is 10.4 Å². The molecule has 1 rings (SSSR count). The van der Waals surface area contributed by atoms with Gasteiger partial charge in [0.15, 0.2) is 6.29 Å². The second-order valence-electron chi connectivity index (χ2n) is 1.68. The first-order valence-electron chi connectivity index (χ1n) is 2.58. The van der Waals surface area contributed by atoms with E-state index >= 15 is 0 Å². The largest absolute Gasteiger partial charge is 2.00 e. The Morgan fingerprint density at radius 3 is 2.30 bits per heavy atom. The maximum absolute atomic E-state index is 10.1. The van der Waals surface area contributed by atoms with Crippen LogP contribution >= 0.6 is 0 Å². The molecule has 0 atom stereocenters. The van der Waals surface area contributed by atoms with Gasteiger partial charge in [-0.2, -0.15) is 0 Å².